The molecule has 1 saturated carbocycles. The van der Waals surface area contributed by atoms with Crippen LogP contribution in [0.1, 0.15) is 47.1 Å². The van der Waals surface area contributed by atoms with Crippen molar-refractivity contribution in [2.75, 3.05) is 4.90 Å². The van der Waals surface area contributed by atoms with Gasteiger partial charge in [0.25, 0.3) is 5.91 Å². The quantitative estimate of drug-likeness (QED) is 0.632. The van der Waals surface area contributed by atoms with E-state index in [1.54, 1.807) is 12.1 Å². The third-order valence-corrected chi connectivity index (χ3v) is 6.07. The minimum absolute atomic E-state index is 0.0775. The van der Waals surface area contributed by atoms with Crippen LogP contribution in [-0.2, 0) is 4.79 Å². The zero-order chi connectivity index (χ0) is 20.9. The maximum atomic E-state index is 13.5. The summed E-state index contributed by atoms with van der Waals surface area (Å²) in [4.78, 5) is 37.2. The van der Waals surface area contributed by atoms with Crippen LogP contribution >= 0.6 is 11.3 Å². The molecule has 154 valence electrons. The molecule has 8 heteroatoms. The van der Waals surface area contributed by atoms with Gasteiger partial charge in [-0.1, -0.05) is 18.9 Å². The Morgan fingerprint density at radius 1 is 1.13 bits per heavy atom. The molecule has 2 amide bonds. The highest BCUT2D eigenvalue weighted by Gasteiger charge is 2.36. The van der Waals surface area contributed by atoms with Crippen LogP contribution in [0.3, 0.4) is 0 Å². The summed E-state index contributed by atoms with van der Waals surface area (Å²) >= 11 is 1.42. The van der Waals surface area contributed by atoms with E-state index in [0.29, 0.717) is 5.69 Å². The van der Waals surface area contributed by atoms with E-state index >= 15 is 0 Å². The van der Waals surface area contributed by atoms with E-state index in [1.807, 2.05) is 17.5 Å². The van der Waals surface area contributed by atoms with E-state index in [9.17, 15) is 14.7 Å². The van der Waals surface area contributed by atoms with Gasteiger partial charge in [-0.05, 0) is 48.6 Å². The highest BCUT2D eigenvalue weighted by Crippen LogP contribution is 2.33. The molecule has 30 heavy (non-hydrogen) atoms. The molecule has 4 rings (SSSR count). The number of carbonyl (C=O) groups excluding carboxylic acids is 2. The molecule has 0 saturated heterocycles. The first kappa shape index (κ1) is 20.0. The summed E-state index contributed by atoms with van der Waals surface area (Å²) in [5.74, 6) is -0.586. The summed E-state index contributed by atoms with van der Waals surface area (Å²) in [5.41, 5.74) is 0.629. The predicted molar refractivity (Wildman–Crippen MR) is 114 cm³/mol. The minimum Gasteiger partial charge on any atom is -0.508 e. The lowest BCUT2D eigenvalue weighted by Crippen LogP contribution is -2.46. The molecule has 2 N–H and O–H groups in total. The summed E-state index contributed by atoms with van der Waals surface area (Å²) in [6.07, 6.45) is 8.40. The molecule has 1 aliphatic rings. The Hall–Kier alpha value is -3.26. The number of hydrogen-bond donors (Lipinski definition) is 2. The fourth-order valence-corrected chi connectivity index (χ4v) is 4.51. The molecule has 0 spiro atoms. The standard InChI is InChI=1S/C22H22N4O3S/c27-17-9-7-16(8-10-17)26(22(29)18-14-23-11-12-24-18)20(19-6-3-13-30-19)21(28)25-15-4-1-2-5-15/h3,6-15,20,27H,1-2,4-5H2,(H,25,28)/t20-/m0/s1. The number of phenols is 1. The molecule has 0 aliphatic heterocycles. The lowest BCUT2D eigenvalue weighted by molar-refractivity contribution is -0.123. The lowest BCUT2D eigenvalue weighted by atomic mass is 10.1. The highest BCUT2D eigenvalue weighted by atomic mass is 32.1. The number of phenolic OH excluding ortho intramolecular Hbond substituents is 1. The average molecular weight is 423 g/mol. The maximum Gasteiger partial charge on any atom is 0.279 e. The van der Waals surface area contributed by atoms with Gasteiger partial charge in [0.2, 0.25) is 5.91 Å². The number of aromatic hydroxyl groups is 1. The second-order valence-electron chi connectivity index (χ2n) is 7.19. The highest BCUT2D eigenvalue weighted by molar-refractivity contribution is 7.10. The van der Waals surface area contributed by atoms with Crippen molar-refractivity contribution in [1.82, 2.24) is 15.3 Å². The van der Waals surface area contributed by atoms with Gasteiger partial charge in [0, 0.05) is 29.0 Å². The van der Waals surface area contributed by atoms with E-state index < -0.39 is 11.9 Å². The van der Waals surface area contributed by atoms with Gasteiger partial charge < -0.3 is 10.4 Å². The van der Waals surface area contributed by atoms with Crippen LogP contribution in [0.5, 0.6) is 5.75 Å². The van der Waals surface area contributed by atoms with Crippen molar-refractivity contribution < 1.29 is 14.7 Å². The molecule has 1 fully saturated rings. The molecule has 1 aliphatic carbocycles. The van der Waals surface area contributed by atoms with Crippen molar-refractivity contribution in [1.29, 1.82) is 0 Å². The van der Waals surface area contributed by atoms with E-state index in [1.165, 1.54) is 47.0 Å². The van der Waals surface area contributed by atoms with Crippen molar-refractivity contribution in [3.05, 3.63) is 70.9 Å². The van der Waals surface area contributed by atoms with Crippen LogP contribution in [0.15, 0.2) is 60.4 Å². The second-order valence-corrected chi connectivity index (χ2v) is 8.17. The van der Waals surface area contributed by atoms with E-state index in [0.717, 1.165) is 30.6 Å². The van der Waals surface area contributed by atoms with Gasteiger partial charge in [-0.25, -0.2) is 4.98 Å². The van der Waals surface area contributed by atoms with Gasteiger partial charge in [-0.3, -0.25) is 19.5 Å². The molecule has 7 nitrogen and oxygen atoms in total. The Balaban J connectivity index is 1.77. The summed E-state index contributed by atoms with van der Waals surface area (Å²) < 4.78 is 0. The molecule has 1 aromatic carbocycles. The van der Waals surface area contributed by atoms with Gasteiger partial charge >= 0.3 is 0 Å². The second kappa shape index (κ2) is 9.04. The number of thiophene rings is 1. The predicted octanol–water partition coefficient (Wildman–Crippen LogP) is 3.69. The average Bonchev–Trinajstić information content (AvgIpc) is 3.47. The number of carbonyl (C=O) groups is 2. The number of nitrogens with zero attached hydrogens (tertiary/aromatic N) is 3. The molecule has 0 bridgehead atoms. The molecule has 0 radical (unpaired) electrons. The number of nitrogens with one attached hydrogen (secondary N) is 1. The van der Waals surface area contributed by atoms with Crippen LogP contribution < -0.4 is 10.2 Å². The Labute approximate surface area is 178 Å². The zero-order valence-electron chi connectivity index (χ0n) is 16.3. The van der Waals surface area contributed by atoms with Gasteiger partial charge in [-0.15, -0.1) is 11.3 Å². The Morgan fingerprint density at radius 2 is 1.90 bits per heavy atom. The molecule has 2 aromatic heterocycles. The van der Waals surface area contributed by atoms with Crippen LogP contribution in [0.4, 0.5) is 5.69 Å². The van der Waals surface area contributed by atoms with E-state index in [2.05, 4.69) is 15.3 Å². The van der Waals surface area contributed by atoms with Gasteiger partial charge in [-0.2, -0.15) is 0 Å². The van der Waals surface area contributed by atoms with E-state index in [4.69, 9.17) is 0 Å². The van der Waals surface area contributed by atoms with Crippen LogP contribution in [-0.4, -0.2) is 32.9 Å². The van der Waals surface area contributed by atoms with Crippen LogP contribution in [0, 0.1) is 0 Å². The minimum atomic E-state index is -0.857. The first-order valence-corrected chi connectivity index (χ1v) is 10.7. The fourth-order valence-electron chi connectivity index (χ4n) is 3.70. The first-order valence-electron chi connectivity index (χ1n) is 9.86. The van der Waals surface area contributed by atoms with Gasteiger partial charge in [0.1, 0.15) is 11.4 Å². The van der Waals surface area contributed by atoms with Crippen molar-refractivity contribution in [2.24, 2.45) is 0 Å². The SMILES string of the molecule is O=C(NC1CCCC1)[C@H](c1cccs1)N(C(=O)c1cnccn1)c1ccc(O)cc1. The van der Waals surface area contributed by atoms with Crippen molar-refractivity contribution in [3.8, 4) is 5.75 Å². The maximum absolute atomic E-state index is 13.5. The summed E-state index contributed by atoms with van der Waals surface area (Å²) in [6.45, 7) is 0. The zero-order valence-corrected chi connectivity index (χ0v) is 17.1. The number of aromatic nitrogens is 2. The van der Waals surface area contributed by atoms with Crippen molar-refractivity contribution >= 4 is 28.8 Å². The number of benzene rings is 1. The number of amides is 2. The third-order valence-electron chi connectivity index (χ3n) is 5.15. The van der Waals surface area contributed by atoms with Crippen molar-refractivity contribution in [2.45, 2.75) is 37.8 Å². The van der Waals surface area contributed by atoms with Crippen LogP contribution in [0.25, 0.3) is 0 Å². The van der Waals surface area contributed by atoms with Gasteiger partial charge in [0.15, 0.2) is 6.04 Å². The normalized spacial score (nSPS) is 14.9. The summed E-state index contributed by atoms with van der Waals surface area (Å²) in [5, 5.41) is 14.7. The molecular formula is C22H22N4O3S. The first-order chi connectivity index (χ1) is 14.6. The molecule has 3 aromatic rings. The topological polar surface area (TPSA) is 95.4 Å². The van der Waals surface area contributed by atoms with Gasteiger partial charge in [0.05, 0.1) is 6.20 Å². The summed E-state index contributed by atoms with van der Waals surface area (Å²) in [7, 11) is 0. The summed E-state index contributed by atoms with van der Waals surface area (Å²) in [6, 6.07) is 9.19. The molecular weight excluding hydrogens is 400 g/mol. The Bertz CT molecular complexity index is 987. The third kappa shape index (κ3) is 4.33. The molecule has 1 atom stereocenters. The number of rotatable bonds is 6. The molecule has 2 heterocycles. The smallest absolute Gasteiger partial charge is 0.279 e. The van der Waals surface area contributed by atoms with Crippen LogP contribution in [0.2, 0.25) is 0 Å². The number of hydrogen-bond acceptors (Lipinski definition) is 6. The largest absolute Gasteiger partial charge is 0.508 e. The fraction of sp³-hybridized carbons (Fsp3) is 0.273. The Kier molecular flexibility index (Phi) is 6.04. The monoisotopic (exact) mass is 422 g/mol. The lowest BCUT2D eigenvalue weighted by Gasteiger charge is -2.31. The van der Waals surface area contributed by atoms with E-state index in [-0.39, 0.29) is 23.4 Å². The number of anilines is 1. The molecule has 0 unspecified atom stereocenters. The Morgan fingerprint density at radius 3 is 2.53 bits per heavy atom. The van der Waals surface area contributed by atoms with Crippen molar-refractivity contribution in [3.63, 3.8) is 0 Å².